The number of nitrogens with zero attached hydrogens (tertiary/aromatic N) is 1. The Labute approximate surface area is 116 Å². The van der Waals surface area contributed by atoms with Crippen molar-refractivity contribution in [2.75, 3.05) is 18.9 Å². The summed E-state index contributed by atoms with van der Waals surface area (Å²) in [5.74, 6) is -0.290. The van der Waals surface area contributed by atoms with Gasteiger partial charge in [0.15, 0.2) is 0 Å². The standard InChI is InChI=1S/C13H18BrN3O/c1-9-7-13(12(15)18,8-17(9)2)16-11-5-3-10(14)4-6-11/h3-6,9,16H,7-8H2,1-2H3,(H2,15,18). The van der Waals surface area contributed by atoms with Crippen LogP contribution in [-0.2, 0) is 4.79 Å². The minimum absolute atomic E-state index is 0.290. The quantitative estimate of drug-likeness (QED) is 0.895. The van der Waals surface area contributed by atoms with Crippen LogP contribution in [0.3, 0.4) is 0 Å². The van der Waals surface area contributed by atoms with E-state index in [1.54, 1.807) is 0 Å². The van der Waals surface area contributed by atoms with E-state index in [-0.39, 0.29) is 5.91 Å². The predicted molar refractivity (Wildman–Crippen MR) is 76.4 cm³/mol. The molecule has 1 fully saturated rings. The molecule has 0 bridgehead atoms. The summed E-state index contributed by atoms with van der Waals surface area (Å²) in [5, 5.41) is 3.30. The monoisotopic (exact) mass is 311 g/mol. The van der Waals surface area contributed by atoms with E-state index >= 15 is 0 Å². The second-order valence-electron chi connectivity index (χ2n) is 5.05. The van der Waals surface area contributed by atoms with Crippen molar-refractivity contribution in [3.05, 3.63) is 28.7 Å². The first-order valence-corrected chi connectivity index (χ1v) is 6.76. The lowest BCUT2D eigenvalue weighted by Crippen LogP contribution is -2.52. The fourth-order valence-corrected chi connectivity index (χ4v) is 2.71. The van der Waals surface area contributed by atoms with Gasteiger partial charge in [-0.2, -0.15) is 0 Å². The number of carbonyl (C=O) groups excluding carboxylic acids is 1. The molecule has 5 heteroatoms. The number of hydrogen-bond donors (Lipinski definition) is 2. The smallest absolute Gasteiger partial charge is 0.244 e. The molecule has 0 aliphatic carbocycles. The maximum atomic E-state index is 11.8. The topological polar surface area (TPSA) is 58.4 Å². The van der Waals surface area contributed by atoms with Gasteiger partial charge in [-0.1, -0.05) is 15.9 Å². The van der Waals surface area contributed by atoms with Crippen molar-refractivity contribution < 1.29 is 4.79 Å². The van der Waals surface area contributed by atoms with Gasteiger partial charge in [-0.25, -0.2) is 0 Å². The van der Waals surface area contributed by atoms with Crippen LogP contribution in [0.25, 0.3) is 0 Å². The molecule has 2 unspecified atom stereocenters. The molecule has 1 heterocycles. The minimum atomic E-state index is -0.665. The SMILES string of the molecule is CC1CC(Nc2ccc(Br)cc2)(C(N)=O)CN1C. The fraction of sp³-hybridized carbons (Fsp3) is 0.462. The first-order chi connectivity index (χ1) is 8.43. The van der Waals surface area contributed by atoms with Crippen LogP contribution in [0.2, 0.25) is 0 Å². The number of primary amides is 1. The molecule has 4 nitrogen and oxygen atoms in total. The van der Waals surface area contributed by atoms with Crippen LogP contribution in [0.15, 0.2) is 28.7 Å². The van der Waals surface area contributed by atoms with Gasteiger partial charge in [-0.3, -0.25) is 4.79 Å². The van der Waals surface area contributed by atoms with Crippen LogP contribution >= 0.6 is 15.9 Å². The summed E-state index contributed by atoms with van der Waals surface area (Å²) < 4.78 is 1.01. The summed E-state index contributed by atoms with van der Waals surface area (Å²) in [5.41, 5.74) is 5.85. The van der Waals surface area contributed by atoms with Gasteiger partial charge >= 0.3 is 0 Å². The van der Waals surface area contributed by atoms with E-state index < -0.39 is 5.54 Å². The maximum Gasteiger partial charge on any atom is 0.244 e. The van der Waals surface area contributed by atoms with Gasteiger partial charge < -0.3 is 16.0 Å². The van der Waals surface area contributed by atoms with Crippen molar-refractivity contribution in [2.24, 2.45) is 5.73 Å². The normalized spacial score (nSPS) is 28.3. The molecule has 98 valence electrons. The van der Waals surface area contributed by atoms with Gasteiger partial charge in [0, 0.05) is 22.7 Å². The van der Waals surface area contributed by atoms with Crippen molar-refractivity contribution in [1.29, 1.82) is 0 Å². The van der Waals surface area contributed by atoms with Gasteiger partial charge in [0.1, 0.15) is 5.54 Å². The molecular formula is C13H18BrN3O. The molecule has 0 saturated carbocycles. The molecule has 1 aromatic rings. The van der Waals surface area contributed by atoms with E-state index in [9.17, 15) is 4.79 Å². The Hall–Kier alpha value is -1.07. The Morgan fingerprint density at radius 1 is 1.50 bits per heavy atom. The highest BCUT2D eigenvalue weighted by molar-refractivity contribution is 9.10. The van der Waals surface area contributed by atoms with Gasteiger partial charge in [0.05, 0.1) is 0 Å². The number of amides is 1. The molecule has 1 saturated heterocycles. The third kappa shape index (κ3) is 2.52. The average Bonchev–Trinajstić information content (AvgIpc) is 2.59. The summed E-state index contributed by atoms with van der Waals surface area (Å²) >= 11 is 3.39. The summed E-state index contributed by atoms with van der Waals surface area (Å²) in [6, 6.07) is 8.12. The number of carbonyl (C=O) groups is 1. The number of anilines is 1. The molecule has 3 N–H and O–H groups in total. The predicted octanol–water partition coefficient (Wildman–Crippen LogP) is 1.81. The van der Waals surface area contributed by atoms with Crippen LogP contribution in [0.4, 0.5) is 5.69 Å². The number of likely N-dealkylation sites (N-methyl/N-ethyl adjacent to an activating group) is 1. The molecular weight excluding hydrogens is 294 g/mol. The van der Waals surface area contributed by atoms with Crippen molar-refractivity contribution >= 4 is 27.5 Å². The first-order valence-electron chi connectivity index (χ1n) is 5.97. The highest BCUT2D eigenvalue weighted by atomic mass is 79.9. The van der Waals surface area contributed by atoms with E-state index in [0.717, 1.165) is 16.6 Å². The maximum absolute atomic E-state index is 11.8. The van der Waals surface area contributed by atoms with E-state index in [2.05, 4.69) is 33.1 Å². The Bertz CT molecular complexity index is 436. The van der Waals surface area contributed by atoms with E-state index in [1.807, 2.05) is 31.3 Å². The Balaban J connectivity index is 2.22. The summed E-state index contributed by atoms with van der Waals surface area (Å²) in [7, 11) is 2.01. The van der Waals surface area contributed by atoms with Crippen molar-refractivity contribution in [1.82, 2.24) is 4.90 Å². The number of rotatable bonds is 3. The van der Waals surface area contributed by atoms with Gasteiger partial charge in [0.25, 0.3) is 0 Å². The molecule has 1 aliphatic rings. The molecule has 2 atom stereocenters. The van der Waals surface area contributed by atoms with Gasteiger partial charge in [-0.15, -0.1) is 0 Å². The zero-order valence-corrected chi connectivity index (χ0v) is 12.2. The van der Waals surface area contributed by atoms with Gasteiger partial charge in [-0.05, 0) is 44.7 Å². The first kappa shape index (κ1) is 13.4. The Kier molecular flexibility index (Phi) is 3.64. The second kappa shape index (κ2) is 4.90. The van der Waals surface area contributed by atoms with Crippen LogP contribution in [0.1, 0.15) is 13.3 Å². The molecule has 2 rings (SSSR count). The van der Waals surface area contributed by atoms with Crippen molar-refractivity contribution in [3.63, 3.8) is 0 Å². The zero-order valence-electron chi connectivity index (χ0n) is 10.6. The molecule has 0 spiro atoms. The average molecular weight is 312 g/mol. The van der Waals surface area contributed by atoms with Crippen LogP contribution in [-0.4, -0.2) is 36.0 Å². The third-order valence-electron chi connectivity index (χ3n) is 3.62. The number of benzene rings is 1. The van der Waals surface area contributed by atoms with Crippen LogP contribution in [0.5, 0.6) is 0 Å². The molecule has 1 aliphatic heterocycles. The lowest BCUT2D eigenvalue weighted by molar-refractivity contribution is -0.121. The van der Waals surface area contributed by atoms with Crippen LogP contribution < -0.4 is 11.1 Å². The Morgan fingerprint density at radius 3 is 2.56 bits per heavy atom. The molecule has 18 heavy (non-hydrogen) atoms. The molecule has 0 aromatic heterocycles. The highest BCUT2D eigenvalue weighted by Gasteiger charge is 2.45. The zero-order chi connectivity index (χ0) is 13.3. The number of likely N-dealkylation sites (tertiary alicyclic amines) is 1. The molecule has 1 amide bonds. The lowest BCUT2D eigenvalue weighted by atomic mass is 9.95. The fourth-order valence-electron chi connectivity index (χ4n) is 2.45. The van der Waals surface area contributed by atoms with Gasteiger partial charge in [0.2, 0.25) is 5.91 Å². The summed E-state index contributed by atoms with van der Waals surface area (Å²) in [4.78, 5) is 14.0. The number of nitrogens with one attached hydrogen (secondary N) is 1. The third-order valence-corrected chi connectivity index (χ3v) is 4.14. The largest absolute Gasteiger partial charge is 0.370 e. The van der Waals surface area contributed by atoms with E-state index in [0.29, 0.717) is 12.6 Å². The van der Waals surface area contributed by atoms with Crippen molar-refractivity contribution in [3.8, 4) is 0 Å². The van der Waals surface area contributed by atoms with Crippen molar-refractivity contribution in [2.45, 2.75) is 24.9 Å². The summed E-state index contributed by atoms with van der Waals surface area (Å²) in [6.07, 6.45) is 0.731. The number of halogens is 1. The van der Waals surface area contributed by atoms with E-state index in [1.165, 1.54) is 0 Å². The second-order valence-corrected chi connectivity index (χ2v) is 5.96. The minimum Gasteiger partial charge on any atom is -0.370 e. The highest BCUT2D eigenvalue weighted by Crippen LogP contribution is 2.29. The summed E-state index contributed by atoms with van der Waals surface area (Å²) in [6.45, 7) is 2.74. The lowest BCUT2D eigenvalue weighted by Gasteiger charge is -2.28. The molecule has 1 aromatic carbocycles. The molecule has 0 radical (unpaired) electrons. The number of nitrogens with two attached hydrogens (primary N) is 1. The van der Waals surface area contributed by atoms with E-state index in [4.69, 9.17) is 5.73 Å². The Morgan fingerprint density at radius 2 is 2.11 bits per heavy atom. The van der Waals surface area contributed by atoms with Crippen LogP contribution in [0, 0.1) is 0 Å². The number of hydrogen-bond acceptors (Lipinski definition) is 3.